The van der Waals surface area contributed by atoms with Gasteiger partial charge in [-0.2, -0.15) is 0 Å². The Balaban J connectivity index is 2.35. The summed E-state index contributed by atoms with van der Waals surface area (Å²) in [6.07, 6.45) is 0. The molecule has 0 heterocycles. The third-order valence-electron chi connectivity index (χ3n) is 2.36. The third kappa shape index (κ3) is 3.52. The molecule has 0 aliphatic carbocycles. The molecule has 3 N–H and O–H groups in total. The minimum atomic E-state index is -3.66. The second kappa shape index (κ2) is 5.56. The minimum Gasteiger partial charge on any atom is -0.398 e. The van der Waals surface area contributed by atoms with Crippen molar-refractivity contribution in [2.45, 2.75) is 4.90 Å². The number of anilines is 2. The summed E-state index contributed by atoms with van der Waals surface area (Å²) in [5, 5.41) is 0.213. The summed E-state index contributed by atoms with van der Waals surface area (Å²) in [5.41, 5.74) is 6.40. The monoisotopic (exact) mass is 408 g/mol. The van der Waals surface area contributed by atoms with Crippen LogP contribution in [0.5, 0.6) is 0 Å². The van der Waals surface area contributed by atoms with Crippen molar-refractivity contribution in [3.05, 3.63) is 51.1 Å². The first kappa shape index (κ1) is 14.4. The Hall–Kier alpha value is -0.990. The van der Waals surface area contributed by atoms with Crippen LogP contribution in [-0.2, 0) is 10.0 Å². The average Bonchev–Trinajstić information content (AvgIpc) is 2.32. The van der Waals surface area contributed by atoms with Crippen LogP contribution in [0, 0.1) is 3.57 Å². The highest BCUT2D eigenvalue weighted by Gasteiger charge is 2.15. The number of hydrogen-bond acceptors (Lipinski definition) is 3. The summed E-state index contributed by atoms with van der Waals surface area (Å²) in [5.74, 6) is 0. The zero-order chi connectivity index (χ0) is 14.0. The van der Waals surface area contributed by atoms with Gasteiger partial charge in [0, 0.05) is 9.26 Å². The van der Waals surface area contributed by atoms with E-state index >= 15 is 0 Å². The van der Waals surface area contributed by atoms with Gasteiger partial charge in [0.05, 0.1) is 15.6 Å². The lowest BCUT2D eigenvalue weighted by Gasteiger charge is -2.09. The Morgan fingerprint density at radius 1 is 1.16 bits per heavy atom. The van der Waals surface area contributed by atoms with E-state index in [0.29, 0.717) is 11.4 Å². The maximum Gasteiger partial charge on any atom is 0.261 e. The van der Waals surface area contributed by atoms with Gasteiger partial charge in [0.1, 0.15) is 0 Å². The first-order chi connectivity index (χ1) is 8.88. The van der Waals surface area contributed by atoms with Crippen molar-refractivity contribution in [3.8, 4) is 0 Å². The largest absolute Gasteiger partial charge is 0.398 e. The van der Waals surface area contributed by atoms with Crippen LogP contribution < -0.4 is 10.5 Å². The van der Waals surface area contributed by atoms with Crippen LogP contribution in [0.2, 0.25) is 5.02 Å². The standard InChI is InChI=1S/C12H10ClIN2O2S/c13-11-7-10(4-5-12(11)15)19(17,18)16-9-3-1-2-8(14)6-9/h1-7,16H,15H2. The molecule has 0 bridgehead atoms. The summed E-state index contributed by atoms with van der Waals surface area (Å²) in [4.78, 5) is 0.0746. The lowest BCUT2D eigenvalue weighted by atomic mass is 10.3. The molecule has 0 aromatic heterocycles. The maximum atomic E-state index is 12.2. The summed E-state index contributed by atoms with van der Waals surface area (Å²) in [6, 6.07) is 11.3. The molecule has 0 radical (unpaired) electrons. The number of benzene rings is 2. The second-order valence-electron chi connectivity index (χ2n) is 3.80. The molecular weight excluding hydrogens is 399 g/mol. The number of nitrogen functional groups attached to an aromatic ring is 1. The van der Waals surface area contributed by atoms with Crippen molar-refractivity contribution >= 4 is 55.6 Å². The molecule has 0 spiro atoms. The van der Waals surface area contributed by atoms with Crippen molar-refractivity contribution < 1.29 is 8.42 Å². The molecule has 7 heteroatoms. The van der Waals surface area contributed by atoms with Gasteiger partial charge in [-0.15, -0.1) is 0 Å². The van der Waals surface area contributed by atoms with Gasteiger partial charge in [-0.1, -0.05) is 17.7 Å². The van der Waals surface area contributed by atoms with E-state index in [9.17, 15) is 8.42 Å². The zero-order valence-corrected chi connectivity index (χ0v) is 13.3. The number of rotatable bonds is 3. The molecule has 0 unspecified atom stereocenters. The Labute approximate surface area is 130 Å². The van der Waals surface area contributed by atoms with Crippen molar-refractivity contribution in [2.24, 2.45) is 0 Å². The third-order valence-corrected chi connectivity index (χ3v) is 4.74. The number of hydrogen-bond donors (Lipinski definition) is 2. The van der Waals surface area contributed by atoms with E-state index in [-0.39, 0.29) is 9.92 Å². The zero-order valence-electron chi connectivity index (χ0n) is 9.60. The van der Waals surface area contributed by atoms with E-state index in [1.807, 2.05) is 6.07 Å². The van der Waals surface area contributed by atoms with Crippen molar-refractivity contribution in [3.63, 3.8) is 0 Å². The highest BCUT2D eigenvalue weighted by molar-refractivity contribution is 14.1. The second-order valence-corrected chi connectivity index (χ2v) is 7.13. The lowest BCUT2D eigenvalue weighted by molar-refractivity contribution is 0.601. The molecule has 19 heavy (non-hydrogen) atoms. The van der Waals surface area contributed by atoms with Crippen LogP contribution in [0.3, 0.4) is 0 Å². The maximum absolute atomic E-state index is 12.2. The van der Waals surface area contributed by atoms with Crippen LogP contribution in [0.4, 0.5) is 11.4 Å². The molecule has 2 aromatic rings. The Bertz CT molecular complexity index is 719. The molecule has 0 fully saturated rings. The summed E-state index contributed by atoms with van der Waals surface area (Å²) >= 11 is 7.94. The van der Waals surface area contributed by atoms with Crippen molar-refractivity contribution in [2.75, 3.05) is 10.5 Å². The fraction of sp³-hybridized carbons (Fsp3) is 0. The molecule has 0 aliphatic heterocycles. The molecule has 0 aliphatic rings. The first-order valence-corrected chi connectivity index (χ1v) is 8.16. The van der Waals surface area contributed by atoms with E-state index in [4.69, 9.17) is 17.3 Å². The Kier molecular flexibility index (Phi) is 4.22. The predicted molar refractivity (Wildman–Crippen MR) is 85.8 cm³/mol. The predicted octanol–water partition coefficient (Wildman–Crippen LogP) is 3.33. The van der Waals surface area contributed by atoms with E-state index in [1.54, 1.807) is 18.2 Å². The molecule has 4 nitrogen and oxygen atoms in total. The highest BCUT2D eigenvalue weighted by atomic mass is 127. The topological polar surface area (TPSA) is 72.2 Å². The van der Waals surface area contributed by atoms with Crippen molar-refractivity contribution in [1.82, 2.24) is 0 Å². The van der Waals surface area contributed by atoms with Gasteiger partial charge in [0.25, 0.3) is 10.0 Å². The summed E-state index contributed by atoms with van der Waals surface area (Å²) in [7, 11) is -3.66. The SMILES string of the molecule is Nc1ccc(S(=O)(=O)Nc2cccc(I)c2)cc1Cl. The Morgan fingerprint density at radius 3 is 2.53 bits per heavy atom. The average molecular weight is 409 g/mol. The smallest absolute Gasteiger partial charge is 0.261 e. The van der Waals surface area contributed by atoms with Crippen LogP contribution >= 0.6 is 34.2 Å². The number of sulfonamides is 1. The van der Waals surface area contributed by atoms with Gasteiger partial charge in [-0.05, 0) is 59.0 Å². The molecule has 100 valence electrons. The van der Waals surface area contributed by atoms with Gasteiger partial charge in [-0.25, -0.2) is 8.42 Å². The van der Waals surface area contributed by atoms with E-state index < -0.39 is 10.0 Å². The molecule has 0 atom stereocenters. The van der Waals surface area contributed by atoms with Crippen molar-refractivity contribution in [1.29, 1.82) is 0 Å². The van der Waals surface area contributed by atoms with Crippen LogP contribution in [0.25, 0.3) is 0 Å². The van der Waals surface area contributed by atoms with E-state index in [1.165, 1.54) is 18.2 Å². The van der Waals surface area contributed by atoms with E-state index in [0.717, 1.165) is 3.57 Å². The van der Waals surface area contributed by atoms with Gasteiger partial charge < -0.3 is 5.73 Å². The highest BCUT2D eigenvalue weighted by Crippen LogP contribution is 2.24. The molecular formula is C12H10ClIN2O2S. The van der Waals surface area contributed by atoms with E-state index in [2.05, 4.69) is 27.3 Å². The van der Waals surface area contributed by atoms with Crippen LogP contribution in [0.15, 0.2) is 47.4 Å². The van der Waals surface area contributed by atoms with Crippen LogP contribution in [-0.4, -0.2) is 8.42 Å². The van der Waals surface area contributed by atoms with Gasteiger partial charge in [-0.3, -0.25) is 4.72 Å². The molecule has 0 saturated carbocycles. The van der Waals surface area contributed by atoms with Gasteiger partial charge in [0.15, 0.2) is 0 Å². The quantitative estimate of drug-likeness (QED) is 0.604. The molecule has 0 saturated heterocycles. The number of halogens is 2. The molecule has 2 rings (SSSR count). The first-order valence-electron chi connectivity index (χ1n) is 5.22. The van der Waals surface area contributed by atoms with Gasteiger partial charge >= 0.3 is 0 Å². The Morgan fingerprint density at radius 2 is 1.89 bits per heavy atom. The normalized spacial score (nSPS) is 11.3. The summed E-state index contributed by atoms with van der Waals surface area (Å²) < 4.78 is 27.8. The summed E-state index contributed by atoms with van der Waals surface area (Å²) in [6.45, 7) is 0. The minimum absolute atomic E-state index is 0.0746. The molecule has 0 amide bonds. The van der Waals surface area contributed by atoms with Gasteiger partial charge in [0.2, 0.25) is 0 Å². The lowest BCUT2D eigenvalue weighted by Crippen LogP contribution is -2.13. The fourth-order valence-corrected chi connectivity index (χ4v) is 3.30. The number of nitrogens with two attached hydrogens (primary N) is 1. The number of nitrogens with one attached hydrogen (secondary N) is 1. The van der Waals surface area contributed by atoms with Crippen LogP contribution in [0.1, 0.15) is 0 Å². The molecule has 2 aromatic carbocycles. The fourth-order valence-electron chi connectivity index (χ4n) is 1.44.